The number of unbranched alkanes of at least 4 members (excludes halogenated alkanes) is 1. The highest BCUT2D eigenvalue weighted by Gasteiger charge is 2.18. The van der Waals surface area contributed by atoms with Crippen LogP contribution in [-0.2, 0) is 6.54 Å². The highest BCUT2D eigenvalue weighted by atomic mass is 35.5. The van der Waals surface area contributed by atoms with E-state index >= 15 is 0 Å². The molecular weight excluding hydrogens is 424 g/mol. The summed E-state index contributed by atoms with van der Waals surface area (Å²) in [6.45, 7) is 3.53. The molecule has 1 heterocycles. The van der Waals surface area contributed by atoms with E-state index in [1.165, 1.54) is 0 Å². The maximum Gasteiger partial charge on any atom is 0.153 e. The van der Waals surface area contributed by atoms with Crippen molar-refractivity contribution in [1.29, 1.82) is 0 Å². The number of fused-ring (bicyclic) bond motifs is 1. The van der Waals surface area contributed by atoms with Crippen LogP contribution in [0.15, 0.2) is 72.8 Å². The number of ether oxygens (including phenoxy) is 3. The van der Waals surface area contributed by atoms with Crippen molar-refractivity contribution in [2.75, 3.05) is 13.7 Å². The van der Waals surface area contributed by atoms with E-state index in [9.17, 15) is 0 Å². The number of aromatic nitrogens is 2. The third-order valence-electron chi connectivity index (χ3n) is 5.28. The molecule has 0 fully saturated rings. The van der Waals surface area contributed by atoms with Crippen LogP contribution in [0.25, 0.3) is 11.0 Å². The van der Waals surface area contributed by atoms with Crippen molar-refractivity contribution in [2.24, 2.45) is 0 Å². The highest BCUT2D eigenvalue weighted by Crippen LogP contribution is 2.26. The van der Waals surface area contributed by atoms with Gasteiger partial charge in [-0.3, -0.25) is 0 Å². The number of benzene rings is 3. The van der Waals surface area contributed by atoms with Crippen molar-refractivity contribution in [3.63, 3.8) is 0 Å². The second-order valence-electron chi connectivity index (χ2n) is 7.56. The maximum absolute atomic E-state index is 6.15. The first-order valence-corrected chi connectivity index (χ1v) is 11.2. The van der Waals surface area contributed by atoms with Crippen molar-refractivity contribution in [3.8, 4) is 17.2 Å². The summed E-state index contributed by atoms with van der Waals surface area (Å²) >= 11 is 5.99. The Hall–Kier alpha value is -3.18. The molecule has 32 heavy (non-hydrogen) atoms. The van der Waals surface area contributed by atoms with Crippen molar-refractivity contribution in [2.45, 2.75) is 32.4 Å². The Morgan fingerprint density at radius 2 is 1.56 bits per heavy atom. The van der Waals surface area contributed by atoms with Crippen LogP contribution in [0.1, 0.15) is 31.7 Å². The molecule has 0 spiro atoms. The largest absolute Gasteiger partial charge is 0.497 e. The molecular formula is C26H27ClN2O3. The normalized spacial score (nSPS) is 12.0. The van der Waals surface area contributed by atoms with E-state index in [1.807, 2.05) is 73.7 Å². The zero-order chi connectivity index (χ0) is 22.3. The number of hydrogen-bond donors (Lipinski definition) is 0. The van der Waals surface area contributed by atoms with Gasteiger partial charge in [0.2, 0.25) is 0 Å². The van der Waals surface area contributed by atoms with Crippen LogP contribution in [0, 0.1) is 0 Å². The van der Waals surface area contributed by atoms with Gasteiger partial charge < -0.3 is 18.8 Å². The van der Waals surface area contributed by atoms with Gasteiger partial charge in [0.1, 0.15) is 17.2 Å². The Morgan fingerprint density at radius 3 is 2.31 bits per heavy atom. The van der Waals surface area contributed by atoms with Crippen molar-refractivity contribution < 1.29 is 14.2 Å². The first kappa shape index (κ1) is 22.0. The molecule has 0 saturated heterocycles. The molecule has 0 aliphatic carbocycles. The molecule has 0 saturated carbocycles. The SMILES string of the molecule is COc1ccc(OCCCCn2c(C(C)Oc3ccc(Cl)cc3)nc3ccccc32)cc1. The lowest BCUT2D eigenvalue weighted by molar-refractivity contribution is 0.211. The van der Waals surface area contributed by atoms with Crippen molar-refractivity contribution in [3.05, 3.63) is 83.6 Å². The monoisotopic (exact) mass is 450 g/mol. The lowest BCUT2D eigenvalue weighted by atomic mass is 10.2. The average molecular weight is 451 g/mol. The van der Waals surface area contributed by atoms with E-state index in [-0.39, 0.29) is 6.10 Å². The minimum atomic E-state index is -0.195. The Labute approximate surface area is 193 Å². The lowest BCUT2D eigenvalue weighted by Crippen LogP contribution is -2.12. The summed E-state index contributed by atoms with van der Waals surface area (Å²) < 4.78 is 19.5. The number of hydrogen-bond acceptors (Lipinski definition) is 4. The minimum Gasteiger partial charge on any atom is -0.497 e. The van der Waals surface area contributed by atoms with Gasteiger partial charge in [0.25, 0.3) is 0 Å². The molecule has 3 aromatic carbocycles. The number of aryl methyl sites for hydroxylation is 1. The summed E-state index contributed by atoms with van der Waals surface area (Å²) in [5.41, 5.74) is 2.09. The molecule has 0 aliphatic heterocycles. The lowest BCUT2D eigenvalue weighted by Gasteiger charge is -2.17. The molecule has 1 atom stereocenters. The van der Waals surface area contributed by atoms with Crippen LogP contribution in [0.2, 0.25) is 5.02 Å². The molecule has 4 aromatic rings. The van der Waals surface area contributed by atoms with Gasteiger partial charge in [-0.05, 0) is 80.4 Å². The van der Waals surface area contributed by atoms with E-state index in [0.29, 0.717) is 11.6 Å². The summed E-state index contributed by atoms with van der Waals surface area (Å²) in [5.74, 6) is 3.36. The standard InChI is InChI=1S/C26H27ClN2O3/c1-19(32-23-11-9-20(27)10-12-23)26-28-24-7-3-4-8-25(24)29(26)17-5-6-18-31-22-15-13-21(30-2)14-16-22/h3-4,7-16,19H,5-6,17-18H2,1-2H3. The zero-order valence-electron chi connectivity index (χ0n) is 18.3. The number of para-hydroxylation sites is 2. The van der Waals surface area contributed by atoms with Gasteiger partial charge in [-0.1, -0.05) is 23.7 Å². The van der Waals surface area contributed by atoms with E-state index in [1.54, 1.807) is 7.11 Å². The fourth-order valence-corrected chi connectivity index (χ4v) is 3.77. The molecule has 166 valence electrons. The summed E-state index contributed by atoms with van der Waals surface area (Å²) in [7, 11) is 1.66. The van der Waals surface area contributed by atoms with E-state index in [4.69, 9.17) is 30.8 Å². The van der Waals surface area contributed by atoms with Crippen LogP contribution in [0.4, 0.5) is 0 Å². The van der Waals surface area contributed by atoms with Gasteiger partial charge >= 0.3 is 0 Å². The average Bonchev–Trinajstić information content (AvgIpc) is 3.19. The smallest absolute Gasteiger partial charge is 0.153 e. The quantitative estimate of drug-likeness (QED) is 0.252. The summed E-state index contributed by atoms with van der Waals surface area (Å²) in [4.78, 5) is 4.86. The van der Waals surface area contributed by atoms with Crippen LogP contribution in [0.5, 0.6) is 17.2 Å². The fraction of sp³-hybridized carbons (Fsp3) is 0.269. The first-order valence-electron chi connectivity index (χ1n) is 10.8. The van der Waals surface area contributed by atoms with Gasteiger partial charge in [0.05, 0.1) is 24.8 Å². The third kappa shape index (κ3) is 5.35. The molecule has 0 bridgehead atoms. The van der Waals surface area contributed by atoms with E-state index in [2.05, 4.69) is 10.6 Å². The van der Waals surface area contributed by atoms with Gasteiger partial charge in [-0.25, -0.2) is 4.98 Å². The summed E-state index contributed by atoms with van der Waals surface area (Å²) in [6, 6.07) is 23.3. The van der Waals surface area contributed by atoms with Gasteiger partial charge in [0, 0.05) is 11.6 Å². The van der Waals surface area contributed by atoms with E-state index < -0.39 is 0 Å². The topological polar surface area (TPSA) is 45.5 Å². The van der Waals surface area contributed by atoms with Crippen LogP contribution < -0.4 is 14.2 Å². The molecule has 0 aliphatic rings. The number of rotatable bonds is 10. The highest BCUT2D eigenvalue weighted by molar-refractivity contribution is 6.30. The Kier molecular flexibility index (Phi) is 7.17. The number of halogens is 1. The second-order valence-corrected chi connectivity index (χ2v) is 7.99. The molecule has 6 heteroatoms. The van der Waals surface area contributed by atoms with Crippen molar-refractivity contribution >= 4 is 22.6 Å². The van der Waals surface area contributed by atoms with Gasteiger partial charge in [-0.2, -0.15) is 0 Å². The Balaban J connectivity index is 1.40. The number of imidazole rings is 1. The maximum atomic E-state index is 6.15. The molecule has 0 N–H and O–H groups in total. The molecule has 0 amide bonds. The number of methoxy groups -OCH3 is 1. The minimum absolute atomic E-state index is 0.195. The predicted molar refractivity (Wildman–Crippen MR) is 128 cm³/mol. The van der Waals surface area contributed by atoms with Crippen molar-refractivity contribution in [1.82, 2.24) is 9.55 Å². The Morgan fingerprint density at radius 1 is 0.875 bits per heavy atom. The third-order valence-corrected chi connectivity index (χ3v) is 5.53. The van der Waals surface area contributed by atoms with Crippen LogP contribution in [-0.4, -0.2) is 23.3 Å². The van der Waals surface area contributed by atoms with Gasteiger partial charge in [0.15, 0.2) is 11.9 Å². The molecule has 4 rings (SSSR count). The predicted octanol–water partition coefficient (Wildman–Crippen LogP) is 6.70. The summed E-state index contributed by atoms with van der Waals surface area (Å²) in [6.07, 6.45) is 1.71. The Bertz CT molecular complexity index is 1140. The van der Waals surface area contributed by atoms with Crippen LogP contribution >= 0.6 is 11.6 Å². The number of nitrogens with zero attached hydrogens (tertiary/aromatic N) is 2. The molecule has 1 unspecified atom stereocenters. The molecule has 1 aromatic heterocycles. The van der Waals surface area contributed by atoms with Gasteiger partial charge in [-0.15, -0.1) is 0 Å². The second kappa shape index (κ2) is 10.4. The summed E-state index contributed by atoms with van der Waals surface area (Å²) in [5, 5.41) is 0.689. The zero-order valence-corrected chi connectivity index (χ0v) is 19.1. The van der Waals surface area contributed by atoms with Crippen LogP contribution in [0.3, 0.4) is 0 Å². The molecule has 0 radical (unpaired) electrons. The fourth-order valence-electron chi connectivity index (χ4n) is 3.64. The first-order chi connectivity index (χ1) is 15.6. The molecule has 5 nitrogen and oxygen atoms in total. The van der Waals surface area contributed by atoms with E-state index in [0.717, 1.165) is 53.5 Å².